The fraction of sp³-hybridized carbons (Fsp3) is 0.500. The zero-order chi connectivity index (χ0) is 19.1. The van der Waals surface area contributed by atoms with Gasteiger partial charge in [-0.25, -0.2) is 0 Å². The number of para-hydroxylation sites is 1. The molecule has 1 aromatic rings. The average Bonchev–Trinajstić information content (AvgIpc) is 2.86. The van der Waals surface area contributed by atoms with E-state index in [0.29, 0.717) is 12.2 Å². The molecule has 140 valence electrons. The normalized spacial score (nSPS) is 27.3. The number of carboxylic acids is 1. The van der Waals surface area contributed by atoms with E-state index < -0.39 is 40.2 Å². The van der Waals surface area contributed by atoms with E-state index in [2.05, 4.69) is 5.32 Å². The summed E-state index contributed by atoms with van der Waals surface area (Å²) < 4.78 is 5.02. The molecule has 0 spiro atoms. The Hall–Kier alpha value is -2.22. The minimum atomic E-state index is -1.28. The summed E-state index contributed by atoms with van der Waals surface area (Å²) in [5.41, 5.74) is 0. The first-order valence-electron chi connectivity index (χ1n) is 8.49. The number of benzene rings is 1. The summed E-state index contributed by atoms with van der Waals surface area (Å²) >= 11 is 1.36. The van der Waals surface area contributed by atoms with E-state index in [1.807, 2.05) is 25.1 Å². The minimum Gasteiger partial charge on any atom is -0.548 e. The zero-order valence-corrected chi connectivity index (χ0v) is 15.6. The van der Waals surface area contributed by atoms with Gasteiger partial charge in [-0.15, -0.1) is 11.8 Å². The molecule has 26 heavy (non-hydrogen) atoms. The molecule has 8 heteroatoms. The molecule has 3 rings (SSSR count). The number of rotatable bonds is 6. The van der Waals surface area contributed by atoms with Crippen molar-refractivity contribution in [2.24, 2.45) is 0 Å². The van der Waals surface area contributed by atoms with E-state index in [1.165, 1.54) is 16.7 Å². The summed E-state index contributed by atoms with van der Waals surface area (Å²) in [6.07, 6.45) is -0.285. The molecule has 0 saturated carbocycles. The monoisotopic (exact) mass is 377 g/mol. The number of nitrogens with zero attached hydrogens (tertiary/aromatic N) is 1. The number of hydrogen-bond donors (Lipinski definition) is 1. The molecule has 7 nitrogen and oxygen atoms in total. The number of β-lactam (4-membered cyclic amide) rings is 1. The van der Waals surface area contributed by atoms with Crippen LogP contribution >= 0.6 is 11.8 Å². The molecule has 2 saturated heterocycles. The molecule has 2 aliphatic heterocycles. The number of aliphatic carboxylic acids is 1. The first-order valence-corrected chi connectivity index (χ1v) is 9.37. The quantitative estimate of drug-likeness (QED) is 0.708. The molecule has 2 aliphatic rings. The lowest BCUT2D eigenvalue weighted by Gasteiger charge is -2.45. The summed E-state index contributed by atoms with van der Waals surface area (Å²) in [6.45, 7) is 5.34. The van der Waals surface area contributed by atoms with Crippen LogP contribution in [0.1, 0.15) is 27.2 Å². The number of hydrogen-bond acceptors (Lipinski definition) is 6. The van der Waals surface area contributed by atoms with Gasteiger partial charge >= 0.3 is 0 Å². The first kappa shape index (κ1) is 18.6. The van der Waals surface area contributed by atoms with Gasteiger partial charge in [0.15, 0.2) is 6.10 Å². The van der Waals surface area contributed by atoms with Crippen LogP contribution in [-0.2, 0) is 14.4 Å². The second-order valence-electron chi connectivity index (χ2n) is 6.89. The van der Waals surface area contributed by atoms with E-state index in [9.17, 15) is 19.5 Å². The Morgan fingerprint density at radius 3 is 2.58 bits per heavy atom. The van der Waals surface area contributed by atoms with Gasteiger partial charge in [0.2, 0.25) is 5.91 Å². The van der Waals surface area contributed by atoms with E-state index >= 15 is 0 Å². The van der Waals surface area contributed by atoms with Crippen molar-refractivity contribution in [3.63, 3.8) is 0 Å². The highest BCUT2D eigenvalue weighted by molar-refractivity contribution is 8.01. The predicted molar refractivity (Wildman–Crippen MR) is 94.2 cm³/mol. The molecule has 2 amide bonds. The standard InChI is InChI=1S/C18H22N2O5S/c1-4-11(25-10-8-6-5-7-9-10)14(21)19-12-15(22)20-13(17(23)24)18(2,3)26-16(12)20/h5-9,11-13,16H,4H2,1-3H3,(H,19,21)(H,23,24)/p-1/t11-,12-,13+,16+/m0/s1. The molecule has 1 N–H and O–H groups in total. The molecule has 0 unspecified atom stereocenters. The molecular weight excluding hydrogens is 356 g/mol. The van der Waals surface area contributed by atoms with Gasteiger partial charge in [0.1, 0.15) is 17.2 Å². The van der Waals surface area contributed by atoms with Crippen LogP contribution < -0.4 is 15.2 Å². The van der Waals surface area contributed by atoms with Crippen molar-refractivity contribution in [2.45, 2.75) is 55.5 Å². The SMILES string of the molecule is CC[C@H](Oc1ccccc1)C(=O)N[C@H]1C(=O)N2[C@@H]1SC(C)(C)[C@H]2C(=O)[O-]. The van der Waals surface area contributed by atoms with Crippen molar-refractivity contribution < 1.29 is 24.2 Å². The van der Waals surface area contributed by atoms with Gasteiger partial charge in [0, 0.05) is 4.75 Å². The molecule has 2 heterocycles. The number of nitrogens with one attached hydrogen (secondary N) is 1. The van der Waals surface area contributed by atoms with Crippen LogP contribution in [0.4, 0.5) is 0 Å². The van der Waals surface area contributed by atoms with Crippen LogP contribution in [-0.4, -0.2) is 51.0 Å². The first-order chi connectivity index (χ1) is 12.3. The van der Waals surface area contributed by atoms with Crippen molar-refractivity contribution in [1.82, 2.24) is 10.2 Å². The summed E-state index contributed by atoms with van der Waals surface area (Å²) in [4.78, 5) is 37.7. The second kappa shape index (κ2) is 6.83. The van der Waals surface area contributed by atoms with Crippen LogP contribution in [0.5, 0.6) is 5.75 Å². The van der Waals surface area contributed by atoms with Gasteiger partial charge in [-0.3, -0.25) is 9.59 Å². The van der Waals surface area contributed by atoms with E-state index in [-0.39, 0.29) is 5.91 Å². The Morgan fingerprint density at radius 2 is 2.00 bits per heavy atom. The molecule has 2 fully saturated rings. The third-order valence-electron chi connectivity index (χ3n) is 4.65. The lowest BCUT2D eigenvalue weighted by Crippen LogP contribution is -2.72. The lowest BCUT2D eigenvalue weighted by molar-refractivity contribution is -0.312. The molecule has 0 bridgehead atoms. The van der Waals surface area contributed by atoms with Crippen LogP contribution in [0.15, 0.2) is 30.3 Å². The van der Waals surface area contributed by atoms with Crippen LogP contribution in [0, 0.1) is 0 Å². The van der Waals surface area contributed by atoms with Crippen molar-refractivity contribution in [3.8, 4) is 5.75 Å². The molecule has 0 aromatic heterocycles. The number of amides is 2. The Kier molecular flexibility index (Phi) is 4.88. The number of carboxylic acid groups (broad SMARTS) is 1. The van der Waals surface area contributed by atoms with Gasteiger partial charge in [0.05, 0.1) is 12.0 Å². The van der Waals surface area contributed by atoms with Gasteiger partial charge < -0.3 is 24.9 Å². The van der Waals surface area contributed by atoms with Gasteiger partial charge in [-0.05, 0) is 32.4 Å². The van der Waals surface area contributed by atoms with Crippen LogP contribution in [0.3, 0.4) is 0 Å². The summed E-state index contributed by atoms with van der Waals surface area (Å²) in [5, 5.41) is 13.7. The maximum absolute atomic E-state index is 12.5. The summed E-state index contributed by atoms with van der Waals surface area (Å²) in [5.74, 6) is -1.48. The highest BCUT2D eigenvalue weighted by Gasteiger charge is 2.62. The third kappa shape index (κ3) is 3.13. The van der Waals surface area contributed by atoms with E-state index in [1.54, 1.807) is 26.0 Å². The second-order valence-corrected chi connectivity index (χ2v) is 8.66. The summed E-state index contributed by atoms with van der Waals surface area (Å²) in [6, 6.07) is 7.24. The highest BCUT2D eigenvalue weighted by atomic mass is 32.2. The fourth-order valence-electron chi connectivity index (χ4n) is 3.36. The van der Waals surface area contributed by atoms with Crippen molar-refractivity contribution >= 4 is 29.5 Å². The maximum atomic E-state index is 12.5. The molecule has 4 atom stereocenters. The Balaban J connectivity index is 1.67. The van der Waals surface area contributed by atoms with E-state index in [4.69, 9.17) is 4.74 Å². The fourth-order valence-corrected chi connectivity index (χ4v) is 4.98. The summed E-state index contributed by atoms with van der Waals surface area (Å²) in [7, 11) is 0. The highest BCUT2D eigenvalue weighted by Crippen LogP contribution is 2.50. The predicted octanol–water partition coefficient (Wildman–Crippen LogP) is 0.141. The van der Waals surface area contributed by atoms with Crippen LogP contribution in [0.25, 0.3) is 0 Å². The lowest BCUT2D eigenvalue weighted by atomic mass is 9.96. The number of carbonyl (C=O) groups excluding carboxylic acids is 3. The Bertz CT molecular complexity index is 724. The number of carbonyl (C=O) groups is 3. The Labute approximate surface area is 156 Å². The van der Waals surface area contributed by atoms with E-state index in [0.717, 1.165) is 0 Å². The van der Waals surface area contributed by atoms with Crippen LogP contribution in [0.2, 0.25) is 0 Å². The van der Waals surface area contributed by atoms with Gasteiger partial charge in [-0.2, -0.15) is 0 Å². The van der Waals surface area contributed by atoms with Crippen molar-refractivity contribution in [1.29, 1.82) is 0 Å². The average molecular weight is 377 g/mol. The number of ether oxygens (including phenoxy) is 1. The zero-order valence-electron chi connectivity index (χ0n) is 14.8. The molecular formula is C18H21N2O5S-. The topological polar surface area (TPSA) is 98.8 Å². The van der Waals surface area contributed by atoms with Gasteiger partial charge in [0.25, 0.3) is 5.91 Å². The minimum absolute atomic E-state index is 0.385. The largest absolute Gasteiger partial charge is 0.548 e. The maximum Gasteiger partial charge on any atom is 0.261 e. The molecule has 1 aromatic carbocycles. The number of thioether (sulfide) groups is 1. The Morgan fingerprint density at radius 1 is 1.35 bits per heavy atom. The molecule has 0 radical (unpaired) electrons. The van der Waals surface area contributed by atoms with Gasteiger partial charge in [-0.1, -0.05) is 25.1 Å². The molecule has 0 aliphatic carbocycles. The van der Waals surface area contributed by atoms with Crippen molar-refractivity contribution in [2.75, 3.05) is 0 Å². The number of fused-ring (bicyclic) bond motifs is 1. The third-order valence-corrected chi connectivity index (χ3v) is 6.22. The van der Waals surface area contributed by atoms with Crippen molar-refractivity contribution in [3.05, 3.63) is 30.3 Å². The smallest absolute Gasteiger partial charge is 0.261 e.